The van der Waals surface area contributed by atoms with Crippen LogP contribution in [-0.2, 0) is 0 Å². The highest BCUT2D eigenvalue weighted by molar-refractivity contribution is 6.33. The van der Waals surface area contributed by atoms with Crippen molar-refractivity contribution < 1.29 is 0 Å². The van der Waals surface area contributed by atoms with Crippen molar-refractivity contribution in [1.29, 1.82) is 0 Å². The molecule has 0 bridgehead atoms. The van der Waals surface area contributed by atoms with Crippen LogP contribution in [0.2, 0.25) is 10.0 Å². The van der Waals surface area contributed by atoms with E-state index in [1.807, 2.05) is 12.1 Å². The third-order valence-electron chi connectivity index (χ3n) is 6.26. The Morgan fingerprint density at radius 1 is 0.963 bits per heavy atom. The zero-order valence-electron chi connectivity index (χ0n) is 16.2. The molecule has 1 aliphatic carbocycles. The van der Waals surface area contributed by atoms with Gasteiger partial charge in [-0.15, -0.1) is 0 Å². The smallest absolute Gasteiger partial charge is 0.0670 e. The summed E-state index contributed by atoms with van der Waals surface area (Å²) in [4.78, 5) is 5.20. The minimum Gasteiger partial charge on any atom is -0.361 e. The van der Waals surface area contributed by atoms with Crippen LogP contribution in [0.4, 0.5) is 5.69 Å². The number of piperazine rings is 1. The number of benzene rings is 2. The predicted molar refractivity (Wildman–Crippen MR) is 116 cm³/mol. The second-order valence-corrected chi connectivity index (χ2v) is 9.13. The van der Waals surface area contributed by atoms with Crippen LogP contribution in [0.3, 0.4) is 0 Å². The summed E-state index contributed by atoms with van der Waals surface area (Å²) < 4.78 is 0. The minimum absolute atomic E-state index is 0.298. The average molecular weight is 403 g/mol. The largest absolute Gasteiger partial charge is 0.361 e. The van der Waals surface area contributed by atoms with Crippen LogP contribution >= 0.6 is 23.2 Å². The molecule has 1 saturated carbocycles. The molecule has 2 aliphatic rings. The summed E-state index contributed by atoms with van der Waals surface area (Å²) in [5, 5.41) is 1.63. The number of hydrogen-bond donors (Lipinski definition) is 0. The highest BCUT2D eigenvalue weighted by atomic mass is 35.5. The molecular weight excluding hydrogens is 375 g/mol. The van der Waals surface area contributed by atoms with Crippen LogP contribution in [0.1, 0.15) is 43.4 Å². The fourth-order valence-corrected chi connectivity index (χ4v) is 5.22. The SMILES string of the molecule is Cc1ccc(N2CCN(C3CCC(C)C3)CC2c2ccc(Cl)cc2)c(Cl)c1. The van der Waals surface area contributed by atoms with Crippen molar-refractivity contribution in [1.82, 2.24) is 4.90 Å². The highest BCUT2D eigenvalue weighted by Gasteiger charge is 2.35. The molecule has 2 fully saturated rings. The van der Waals surface area contributed by atoms with Crippen LogP contribution in [-0.4, -0.2) is 30.6 Å². The van der Waals surface area contributed by atoms with Gasteiger partial charge in [-0.05, 0) is 67.5 Å². The number of halogens is 2. The van der Waals surface area contributed by atoms with Gasteiger partial charge in [0.05, 0.1) is 16.8 Å². The van der Waals surface area contributed by atoms with E-state index in [-0.39, 0.29) is 0 Å². The summed E-state index contributed by atoms with van der Waals surface area (Å²) in [6.45, 7) is 7.63. The normalized spacial score (nSPS) is 26.5. The Balaban J connectivity index is 1.64. The van der Waals surface area contributed by atoms with E-state index in [9.17, 15) is 0 Å². The first kappa shape index (κ1) is 19.1. The van der Waals surface area contributed by atoms with Crippen molar-refractivity contribution in [2.24, 2.45) is 5.92 Å². The van der Waals surface area contributed by atoms with Crippen molar-refractivity contribution in [3.05, 3.63) is 63.6 Å². The lowest BCUT2D eigenvalue weighted by atomic mass is 9.99. The Morgan fingerprint density at radius 2 is 1.74 bits per heavy atom. The zero-order chi connectivity index (χ0) is 19.0. The molecule has 4 rings (SSSR count). The number of nitrogens with zero attached hydrogens (tertiary/aromatic N) is 2. The molecule has 0 spiro atoms. The van der Waals surface area contributed by atoms with Crippen LogP contribution in [0.5, 0.6) is 0 Å². The molecule has 3 unspecified atom stereocenters. The first-order chi connectivity index (χ1) is 13.0. The number of rotatable bonds is 3. The maximum atomic E-state index is 6.65. The quantitative estimate of drug-likeness (QED) is 0.589. The van der Waals surface area contributed by atoms with Gasteiger partial charge in [-0.2, -0.15) is 0 Å². The van der Waals surface area contributed by atoms with Crippen molar-refractivity contribution in [3.8, 4) is 0 Å². The van der Waals surface area contributed by atoms with Gasteiger partial charge in [-0.1, -0.05) is 48.3 Å². The van der Waals surface area contributed by atoms with Crippen LogP contribution in [0.25, 0.3) is 0 Å². The number of anilines is 1. The van der Waals surface area contributed by atoms with Gasteiger partial charge in [0.15, 0.2) is 0 Å². The Hall–Kier alpha value is -1.22. The van der Waals surface area contributed by atoms with E-state index in [2.05, 4.69) is 54.0 Å². The van der Waals surface area contributed by atoms with Crippen LogP contribution < -0.4 is 4.90 Å². The zero-order valence-corrected chi connectivity index (χ0v) is 17.7. The van der Waals surface area contributed by atoms with Crippen LogP contribution in [0, 0.1) is 12.8 Å². The fraction of sp³-hybridized carbons (Fsp3) is 0.478. The lowest BCUT2D eigenvalue weighted by Gasteiger charge is -2.45. The molecular formula is C23H28Cl2N2. The van der Waals surface area contributed by atoms with Gasteiger partial charge in [0.25, 0.3) is 0 Å². The standard InChI is InChI=1S/C23H28Cl2N2/c1-16-3-9-20(13-16)26-11-12-27(22-10-4-17(2)14-21(22)25)23(15-26)18-5-7-19(24)8-6-18/h4-8,10,14,16,20,23H,3,9,11-13,15H2,1-2H3. The fourth-order valence-electron chi connectivity index (χ4n) is 4.75. The van der Waals surface area contributed by atoms with Crippen molar-refractivity contribution in [3.63, 3.8) is 0 Å². The van der Waals surface area contributed by atoms with E-state index in [1.54, 1.807) is 0 Å². The van der Waals surface area contributed by atoms with E-state index >= 15 is 0 Å². The summed E-state index contributed by atoms with van der Waals surface area (Å²) in [6, 6.07) is 15.8. The molecule has 1 saturated heterocycles. The topological polar surface area (TPSA) is 6.48 Å². The first-order valence-electron chi connectivity index (χ1n) is 10.0. The molecule has 1 aliphatic heterocycles. The molecule has 0 aromatic heterocycles. The lowest BCUT2D eigenvalue weighted by molar-refractivity contribution is 0.159. The monoisotopic (exact) mass is 402 g/mol. The molecule has 0 amide bonds. The van der Waals surface area contributed by atoms with E-state index in [0.29, 0.717) is 6.04 Å². The van der Waals surface area contributed by atoms with Gasteiger partial charge in [0, 0.05) is 30.7 Å². The Bertz CT molecular complexity index is 789. The summed E-state index contributed by atoms with van der Waals surface area (Å²) >= 11 is 12.8. The van der Waals surface area contributed by atoms with E-state index in [4.69, 9.17) is 23.2 Å². The molecule has 2 aromatic carbocycles. The van der Waals surface area contributed by atoms with Crippen LogP contribution in [0.15, 0.2) is 42.5 Å². The second-order valence-electron chi connectivity index (χ2n) is 8.28. The molecule has 0 N–H and O–H groups in total. The minimum atomic E-state index is 0.298. The van der Waals surface area contributed by atoms with Gasteiger partial charge in [-0.25, -0.2) is 0 Å². The average Bonchev–Trinajstić information content (AvgIpc) is 3.09. The van der Waals surface area contributed by atoms with Gasteiger partial charge in [0.2, 0.25) is 0 Å². The highest BCUT2D eigenvalue weighted by Crippen LogP contribution is 2.38. The summed E-state index contributed by atoms with van der Waals surface area (Å²) in [5.74, 6) is 0.855. The maximum Gasteiger partial charge on any atom is 0.0670 e. The van der Waals surface area contributed by atoms with Gasteiger partial charge in [0.1, 0.15) is 0 Å². The molecule has 2 nitrogen and oxygen atoms in total. The Kier molecular flexibility index (Phi) is 5.68. The number of hydrogen-bond acceptors (Lipinski definition) is 2. The summed E-state index contributed by atoms with van der Waals surface area (Å²) in [6.07, 6.45) is 4.03. The van der Waals surface area contributed by atoms with E-state index < -0.39 is 0 Å². The molecule has 27 heavy (non-hydrogen) atoms. The van der Waals surface area contributed by atoms with Crippen molar-refractivity contribution in [2.75, 3.05) is 24.5 Å². The van der Waals surface area contributed by atoms with Crippen molar-refractivity contribution >= 4 is 28.9 Å². The number of aryl methyl sites for hydroxylation is 1. The molecule has 0 radical (unpaired) electrons. The molecule has 2 aromatic rings. The molecule has 144 valence electrons. The third kappa shape index (κ3) is 4.13. The Morgan fingerprint density at radius 3 is 2.41 bits per heavy atom. The molecule has 1 heterocycles. The van der Waals surface area contributed by atoms with Gasteiger partial charge in [-0.3, -0.25) is 4.90 Å². The van der Waals surface area contributed by atoms with E-state index in [0.717, 1.165) is 47.3 Å². The molecule has 3 atom stereocenters. The maximum absolute atomic E-state index is 6.65. The van der Waals surface area contributed by atoms with Gasteiger partial charge >= 0.3 is 0 Å². The van der Waals surface area contributed by atoms with Gasteiger partial charge < -0.3 is 4.90 Å². The summed E-state index contributed by atoms with van der Waals surface area (Å²) in [7, 11) is 0. The van der Waals surface area contributed by atoms with E-state index in [1.165, 1.54) is 30.4 Å². The lowest BCUT2D eigenvalue weighted by Crippen LogP contribution is -2.51. The molecule has 4 heteroatoms. The second kappa shape index (κ2) is 8.03. The summed E-state index contributed by atoms with van der Waals surface area (Å²) in [5.41, 5.74) is 3.65. The van der Waals surface area contributed by atoms with Crippen molar-refractivity contribution in [2.45, 2.75) is 45.2 Å². The Labute approximate surface area is 173 Å². The first-order valence-corrected chi connectivity index (χ1v) is 10.8. The predicted octanol–water partition coefficient (Wildman–Crippen LogP) is 6.35. The third-order valence-corrected chi connectivity index (χ3v) is 6.82.